The molecule has 2 N–H and O–H groups in total. The molecule has 1 aromatic carbocycles. The standard InChI is InChI=1S/C17H20N2O4S.CH2O2/c1-12-10-14(23-24(4,21)22)11-15(18-12)16(20)19-17(2,3)13-8-6-5-7-9-13;2-1-3/h5-11H,1-4H3,(H,19,20);1H,(H,2,3). The van der Waals surface area contributed by atoms with Gasteiger partial charge in [0, 0.05) is 17.8 Å². The molecule has 0 saturated carbocycles. The van der Waals surface area contributed by atoms with E-state index in [2.05, 4.69) is 10.3 Å². The van der Waals surface area contributed by atoms with Gasteiger partial charge < -0.3 is 14.6 Å². The molecular formula is C18H22N2O6S. The zero-order chi connectivity index (χ0) is 20.7. The summed E-state index contributed by atoms with van der Waals surface area (Å²) in [4.78, 5) is 25.0. The molecule has 0 aliphatic carbocycles. The van der Waals surface area contributed by atoms with Gasteiger partial charge in [-0.15, -0.1) is 0 Å². The number of carbonyl (C=O) groups is 2. The predicted octanol–water partition coefficient (Wildman–Crippen LogP) is 2.09. The van der Waals surface area contributed by atoms with Crippen LogP contribution in [0.25, 0.3) is 0 Å². The fraction of sp³-hybridized carbons (Fsp3) is 0.278. The Hall–Kier alpha value is -2.94. The van der Waals surface area contributed by atoms with Crippen LogP contribution in [0.3, 0.4) is 0 Å². The van der Waals surface area contributed by atoms with Gasteiger partial charge in [0.1, 0.15) is 11.4 Å². The zero-order valence-corrected chi connectivity index (χ0v) is 16.3. The summed E-state index contributed by atoms with van der Waals surface area (Å²) < 4.78 is 27.4. The fourth-order valence-corrected chi connectivity index (χ4v) is 2.70. The van der Waals surface area contributed by atoms with Crippen molar-refractivity contribution < 1.29 is 27.3 Å². The molecule has 1 aromatic heterocycles. The second-order valence-electron chi connectivity index (χ2n) is 6.17. The van der Waals surface area contributed by atoms with Crippen molar-refractivity contribution in [1.82, 2.24) is 10.3 Å². The van der Waals surface area contributed by atoms with Crippen LogP contribution in [-0.4, -0.2) is 37.1 Å². The molecule has 0 aliphatic heterocycles. The molecule has 0 unspecified atom stereocenters. The number of carbonyl (C=O) groups excluding carboxylic acids is 1. The van der Waals surface area contributed by atoms with Gasteiger partial charge in [-0.05, 0) is 26.3 Å². The van der Waals surface area contributed by atoms with Gasteiger partial charge in [-0.25, -0.2) is 4.98 Å². The van der Waals surface area contributed by atoms with Crippen molar-refractivity contribution >= 4 is 22.5 Å². The number of pyridine rings is 1. The van der Waals surface area contributed by atoms with Crippen molar-refractivity contribution in [3.05, 3.63) is 59.4 Å². The highest BCUT2D eigenvalue weighted by Crippen LogP contribution is 2.21. The van der Waals surface area contributed by atoms with Gasteiger partial charge in [-0.2, -0.15) is 8.42 Å². The van der Waals surface area contributed by atoms with Gasteiger partial charge in [0.25, 0.3) is 12.4 Å². The van der Waals surface area contributed by atoms with Crippen LogP contribution in [0, 0.1) is 6.92 Å². The second-order valence-corrected chi connectivity index (χ2v) is 7.74. The molecule has 0 fully saturated rings. The van der Waals surface area contributed by atoms with Gasteiger partial charge in [0.2, 0.25) is 0 Å². The van der Waals surface area contributed by atoms with E-state index >= 15 is 0 Å². The number of nitrogens with zero attached hydrogens (tertiary/aromatic N) is 1. The van der Waals surface area contributed by atoms with E-state index in [1.165, 1.54) is 12.1 Å². The van der Waals surface area contributed by atoms with Gasteiger partial charge in [0.15, 0.2) is 0 Å². The molecule has 0 aliphatic rings. The molecule has 9 heteroatoms. The van der Waals surface area contributed by atoms with Gasteiger partial charge >= 0.3 is 10.1 Å². The third-order valence-corrected chi connectivity index (χ3v) is 3.82. The molecule has 0 saturated heterocycles. The smallest absolute Gasteiger partial charge is 0.306 e. The monoisotopic (exact) mass is 394 g/mol. The van der Waals surface area contributed by atoms with Gasteiger partial charge in [-0.3, -0.25) is 9.59 Å². The molecule has 2 rings (SSSR count). The molecule has 0 atom stereocenters. The minimum atomic E-state index is -3.67. The highest BCUT2D eigenvalue weighted by molar-refractivity contribution is 7.86. The van der Waals surface area contributed by atoms with Crippen LogP contribution < -0.4 is 9.50 Å². The molecular weight excluding hydrogens is 372 g/mol. The Labute approximate surface area is 158 Å². The average Bonchev–Trinajstić information content (AvgIpc) is 2.54. The van der Waals surface area contributed by atoms with Crippen LogP contribution in [0.15, 0.2) is 42.5 Å². The average molecular weight is 394 g/mol. The van der Waals surface area contributed by atoms with Crippen LogP contribution >= 0.6 is 0 Å². The summed E-state index contributed by atoms with van der Waals surface area (Å²) in [6.45, 7) is 5.17. The van der Waals surface area contributed by atoms with Crippen molar-refractivity contribution in [2.45, 2.75) is 26.3 Å². The molecule has 1 heterocycles. The third-order valence-electron chi connectivity index (χ3n) is 3.33. The van der Waals surface area contributed by atoms with E-state index in [1.807, 2.05) is 44.2 Å². The summed E-state index contributed by atoms with van der Waals surface area (Å²) in [5.74, 6) is -0.349. The first-order valence-electron chi connectivity index (χ1n) is 7.82. The van der Waals surface area contributed by atoms with Gasteiger partial charge in [0.05, 0.1) is 11.8 Å². The maximum atomic E-state index is 12.5. The SMILES string of the molecule is Cc1cc(OS(C)(=O)=O)cc(C(=O)NC(C)(C)c2ccccc2)n1.O=CO. The maximum absolute atomic E-state index is 12.5. The normalized spacial score (nSPS) is 11.0. The number of rotatable bonds is 5. The summed E-state index contributed by atoms with van der Waals surface area (Å²) in [5.41, 5.74) is 0.914. The second kappa shape index (κ2) is 9.13. The van der Waals surface area contributed by atoms with E-state index in [9.17, 15) is 13.2 Å². The van der Waals surface area contributed by atoms with E-state index < -0.39 is 21.6 Å². The number of benzene rings is 1. The van der Waals surface area contributed by atoms with Crippen molar-refractivity contribution in [2.24, 2.45) is 0 Å². The van der Waals surface area contributed by atoms with Crippen LogP contribution in [0.2, 0.25) is 0 Å². The summed E-state index contributed by atoms with van der Waals surface area (Å²) in [5, 5.41) is 9.79. The fourth-order valence-electron chi connectivity index (χ4n) is 2.25. The lowest BCUT2D eigenvalue weighted by Crippen LogP contribution is -2.41. The van der Waals surface area contributed by atoms with Gasteiger partial charge in [-0.1, -0.05) is 30.3 Å². The number of aryl methyl sites for hydroxylation is 1. The molecule has 0 bridgehead atoms. The van der Waals surface area contributed by atoms with Crippen LogP contribution in [0.5, 0.6) is 5.75 Å². The highest BCUT2D eigenvalue weighted by atomic mass is 32.2. The lowest BCUT2D eigenvalue weighted by molar-refractivity contribution is -0.122. The van der Waals surface area contributed by atoms with Crippen molar-refractivity contribution in [3.63, 3.8) is 0 Å². The summed E-state index contributed by atoms with van der Waals surface area (Å²) in [7, 11) is -3.67. The molecule has 2 aromatic rings. The predicted molar refractivity (Wildman–Crippen MR) is 100 cm³/mol. The Morgan fingerprint density at radius 3 is 2.30 bits per heavy atom. The Morgan fingerprint density at radius 1 is 1.22 bits per heavy atom. The number of aromatic nitrogens is 1. The summed E-state index contributed by atoms with van der Waals surface area (Å²) in [6, 6.07) is 12.3. The van der Waals surface area contributed by atoms with Crippen molar-refractivity contribution in [3.8, 4) is 5.75 Å². The number of amides is 1. The zero-order valence-electron chi connectivity index (χ0n) is 15.5. The first kappa shape index (κ1) is 22.1. The first-order chi connectivity index (χ1) is 12.5. The maximum Gasteiger partial charge on any atom is 0.306 e. The quantitative estimate of drug-likeness (QED) is 0.588. The summed E-state index contributed by atoms with van der Waals surface area (Å²) in [6.07, 6.45) is 0.945. The summed E-state index contributed by atoms with van der Waals surface area (Å²) >= 11 is 0. The highest BCUT2D eigenvalue weighted by Gasteiger charge is 2.24. The van der Waals surface area contributed by atoms with Crippen LogP contribution in [-0.2, 0) is 20.5 Å². The number of hydrogen-bond donors (Lipinski definition) is 2. The number of hydrogen-bond acceptors (Lipinski definition) is 6. The Kier molecular flexibility index (Phi) is 7.47. The first-order valence-corrected chi connectivity index (χ1v) is 9.64. The Morgan fingerprint density at radius 2 is 1.78 bits per heavy atom. The topological polar surface area (TPSA) is 123 Å². The minimum absolute atomic E-state index is 0.0627. The Balaban J connectivity index is 0.00000114. The van der Waals surface area contributed by atoms with Crippen LogP contribution in [0.4, 0.5) is 0 Å². The molecule has 27 heavy (non-hydrogen) atoms. The molecule has 8 nitrogen and oxygen atoms in total. The third kappa shape index (κ3) is 7.45. The van der Waals surface area contributed by atoms with E-state index in [4.69, 9.17) is 14.1 Å². The number of carboxylic acid groups (broad SMARTS) is 1. The Bertz CT molecular complexity index is 895. The lowest BCUT2D eigenvalue weighted by atomic mass is 9.94. The minimum Gasteiger partial charge on any atom is -0.483 e. The lowest BCUT2D eigenvalue weighted by Gasteiger charge is -2.26. The molecule has 146 valence electrons. The van der Waals surface area contributed by atoms with E-state index in [1.54, 1.807) is 6.92 Å². The van der Waals surface area contributed by atoms with Crippen LogP contribution in [0.1, 0.15) is 35.6 Å². The largest absolute Gasteiger partial charge is 0.483 e. The molecule has 0 radical (unpaired) electrons. The molecule has 1 amide bonds. The number of nitrogens with one attached hydrogen (secondary N) is 1. The van der Waals surface area contributed by atoms with E-state index in [0.717, 1.165) is 11.8 Å². The van der Waals surface area contributed by atoms with Crippen molar-refractivity contribution in [2.75, 3.05) is 6.26 Å². The van der Waals surface area contributed by atoms with E-state index in [0.29, 0.717) is 5.69 Å². The van der Waals surface area contributed by atoms with E-state index in [-0.39, 0.29) is 17.9 Å². The van der Waals surface area contributed by atoms with Crippen molar-refractivity contribution in [1.29, 1.82) is 0 Å². The molecule has 0 spiro atoms.